The molecule has 3 N–H and O–H groups in total. The lowest BCUT2D eigenvalue weighted by Gasteiger charge is -2.09. The minimum atomic E-state index is 0.682. The highest BCUT2D eigenvalue weighted by atomic mass is 14.9. The van der Waals surface area contributed by atoms with E-state index in [2.05, 4.69) is 15.3 Å². The fourth-order valence-electron chi connectivity index (χ4n) is 1.61. The Hall–Kier alpha value is -1.94. The van der Waals surface area contributed by atoms with Gasteiger partial charge in [-0.05, 0) is 13.0 Å². The van der Waals surface area contributed by atoms with Gasteiger partial charge in [-0.25, -0.2) is 9.97 Å². The van der Waals surface area contributed by atoms with Crippen molar-refractivity contribution < 1.29 is 0 Å². The van der Waals surface area contributed by atoms with Gasteiger partial charge >= 0.3 is 0 Å². The largest absolute Gasteiger partial charge is 0.382 e. The molecule has 2 rings (SSSR count). The maximum absolute atomic E-state index is 5.47. The molecule has 1 aromatic carbocycles. The van der Waals surface area contributed by atoms with E-state index in [1.165, 1.54) is 0 Å². The molecule has 17 heavy (non-hydrogen) atoms. The Kier molecular flexibility index (Phi) is 4.05. The van der Waals surface area contributed by atoms with Crippen molar-refractivity contribution in [2.45, 2.75) is 6.42 Å². The molecule has 0 saturated carbocycles. The number of hydrogen-bond acceptors (Lipinski definition) is 4. The van der Waals surface area contributed by atoms with Crippen molar-refractivity contribution in [3.05, 3.63) is 42.9 Å². The van der Waals surface area contributed by atoms with Crippen molar-refractivity contribution in [3.63, 3.8) is 0 Å². The molecule has 88 valence electrons. The zero-order chi connectivity index (χ0) is 11.9. The summed E-state index contributed by atoms with van der Waals surface area (Å²) < 4.78 is 0. The number of nitrogens with zero attached hydrogens (tertiary/aromatic N) is 2. The zero-order valence-electron chi connectivity index (χ0n) is 9.63. The van der Waals surface area contributed by atoms with E-state index in [0.717, 1.165) is 29.9 Å². The van der Waals surface area contributed by atoms with Gasteiger partial charge in [0.15, 0.2) is 0 Å². The van der Waals surface area contributed by atoms with Gasteiger partial charge in [-0.3, -0.25) is 0 Å². The van der Waals surface area contributed by atoms with Crippen molar-refractivity contribution in [2.75, 3.05) is 18.4 Å². The Bertz CT molecular complexity index is 456. The van der Waals surface area contributed by atoms with Crippen LogP contribution in [0.25, 0.3) is 11.3 Å². The van der Waals surface area contributed by atoms with Gasteiger partial charge < -0.3 is 11.1 Å². The number of benzene rings is 1. The summed E-state index contributed by atoms with van der Waals surface area (Å²) in [7, 11) is 0. The first-order valence-electron chi connectivity index (χ1n) is 5.71. The highest BCUT2D eigenvalue weighted by Gasteiger charge is 2.05. The van der Waals surface area contributed by atoms with Crippen LogP contribution in [0.5, 0.6) is 0 Å². The monoisotopic (exact) mass is 228 g/mol. The second-order valence-electron chi connectivity index (χ2n) is 3.72. The highest BCUT2D eigenvalue weighted by Crippen LogP contribution is 2.23. The number of hydrogen-bond donors (Lipinski definition) is 2. The fraction of sp³-hybridized carbons (Fsp3) is 0.231. The Morgan fingerprint density at radius 2 is 2.00 bits per heavy atom. The van der Waals surface area contributed by atoms with Crippen LogP contribution in [-0.4, -0.2) is 23.1 Å². The van der Waals surface area contributed by atoms with Crippen molar-refractivity contribution in [1.29, 1.82) is 0 Å². The van der Waals surface area contributed by atoms with Crippen LogP contribution < -0.4 is 11.1 Å². The predicted molar refractivity (Wildman–Crippen MR) is 69.6 cm³/mol. The summed E-state index contributed by atoms with van der Waals surface area (Å²) in [4.78, 5) is 8.37. The van der Waals surface area contributed by atoms with Crippen LogP contribution >= 0.6 is 0 Å². The van der Waals surface area contributed by atoms with Gasteiger partial charge in [-0.2, -0.15) is 0 Å². The Morgan fingerprint density at radius 1 is 1.18 bits per heavy atom. The number of anilines is 1. The molecule has 0 bridgehead atoms. The first-order chi connectivity index (χ1) is 8.42. The molecule has 1 aromatic heterocycles. The normalized spacial score (nSPS) is 10.2. The molecule has 0 aliphatic rings. The van der Waals surface area contributed by atoms with Crippen molar-refractivity contribution in [3.8, 4) is 11.3 Å². The van der Waals surface area contributed by atoms with Crippen molar-refractivity contribution in [2.24, 2.45) is 5.73 Å². The maximum Gasteiger partial charge on any atom is 0.116 e. The molecule has 0 amide bonds. The summed E-state index contributed by atoms with van der Waals surface area (Å²) in [6.07, 6.45) is 4.30. The third-order valence-corrected chi connectivity index (χ3v) is 2.46. The summed E-state index contributed by atoms with van der Waals surface area (Å²) in [5.74, 6) is 0. The van der Waals surface area contributed by atoms with Gasteiger partial charge in [-0.1, -0.05) is 30.3 Å². The minimum Gasteiger partial charge on any atom is -0.382 e. The average molecular weight is 228 g/mol. The summed E-state index contributed by atoms with van der Waals surface area (Å²) in [6.45, 7) is 1.52. The van der Waals surface area contributed by atoms with Gasteiger partial charge in [0, 0.05) is 12.1 Å². The van der Waals surface area contributed by atoms with Crippen LogP contribution in [0.15, 0.2) is 42.9 Å². The first-order valence-corrected chi connectivity index (χ1v) is 5.71. The van der Waals surface area contributed by atoms with E-state index in [0.29, 0.717) is 6.54 Å². The van der Waals surface area contributed by atoms with Crippen molar-refractivity contribution >= 4 is 5.69 Å². The average Bonchev–Trinajstić information content (AvgIpc) is 2.41. The molecule has 0 atom stereocenters. The lowest BCUT2D eigenvalue weighted by atomic mass is 10.1. The maximum atomic E-state index is 5.47. The molecule has 0 fully saturated rings. The molecule has 2 aromatic rings. The molecule has 0 aliphatic heterocycles. The van der Waals surface area contributed by atoms with Crippen LogP contribution in [-0.2, 0) is 0 Å². The van der Waals surface area contributed by atoms with Crippen LogP contribution in [0.4, 0.5) is 5.69 Å². The molecule has 1 heterocycles. The Labute approximate surface area is 101 Å². The molecular formula is C13H16N4. The molecule has 4 nitrogen and oxygen atoms in total. The van der Waals surface area contributed by atoms with E-state index in [1.807, 2.05) is 30.3 Å². The number of nitrogens with two attached hydrogens (primary N) is 1. The van der Waals surface area contributed by atoms with Crippen LogP contribution in [0.3, 0.4) is 0 Å². The predicted octanol–water partition coefficient (Wildman–Crippen LogP) is 1.90. The number of rotatable bonds is 5. The zero-order valence-corrected chi connectivity index (χ0v) is 9.63. The summed E-state index contributed by atoms with van der Waals surface area (Å²) in [6, 6.07) is 10.1. The van der Waals surface area contributed by atoms with Gasteiger partial charge in [0.1, 0.15) is 6.33 Å². The third kappa shape index (κ3) is 3.01. The van der Waals surface area contributed by atoms with E-state index in [1.54, 1.807) is 12.5 Å². The molecule has 0 saturated heterocycles. The summed E-state index contributed by atoms with van der Waals surface area (Å²) in [5.41, 5.74) is 8.44. The van der Waals surface area contributed by atoms with Crippen molar-refractivity contribution in [1.82, 2.24) is 9.97 Å². The standard InChI is InChI=1S/C13H16N4/c14-7-4-8-16-12-9-15-10-17-13(12)11-5-2-1-3-6-11/h1-3,5-6,9-10,16H,4,7-8,14H2. The van der Waals surface area contributed by atoms with Gasteiger partial charge in [-0.15, -0.1) is 0 Å². The summed E-state index contributed by atoms with van der Waals surface area (Å²) in [5, 5.41) is 3.31. The Balaban J connectivity index is 2.22. The Morgan fingerprint density at radius 3 is 2.76 bits per heavy atom. The summed E-state index contributed by atoms with van der Waals surface area (Å²) >= 11 is 0. The smallest absolute Gasteiger partial charge is 0.116 e. The SMILES string of the molecule is NCCCNc1cncnc1-c1ccccc1. The molecule has 4 heteroatoms. The van der Waals surface area contributed by atoms with Crippen LogP contribution in [0.1, 0.15) is 6.42 Å². The molecule has 0 radical (unpaired) electrons. The van der Waals surface area contributed by atoms with E-state index >= 15 is 0 Å². The molecule has 0 unspecified atom stereocenters. The fourth-order valence-corrected chi connectivity index (χ4v) is 1.61. The molecule has 0 spiro atoms. The number of nitrogens with one attached hydrogen (secondary N) is 1. The lowest BCUT2D eigenvalue weighted by molar-refractivity contribution is 0.873. The van der Waals surface area contributed by atoms with E-state index in [-0.39, 0.29) is 0 Å². The van der Waals surface area contributed by atoms with E-state index in [4.69, 9.17) is 5.73 Å². The van der Waals surface area contributed by atoms with Gasteiger partial charge in [0.2, 0.25) is 0 Å². The van der Waals surface area contributed by atoms with Crippen LogP contribution in [0, 0.1) is 0 Å². The topological polar surface area (TPSA) is 63.8 Å². The van der Waals surface area contributed by atoms with E-state index < -0.39 is 0 Å². The highest BCUT2D eigenvalue weighted by molar-refractivity contribution is 5.73. The number of aromatic nitrogens is 2. The molecular weight excluding hydrogens is 212 g/mol. The lowest BCUT2D eigenvalue weighted by Crippen LogP contribution is -2.09. The second kappa shape index (κ2) is 5.96. The molecule has 0 aliphatic carbocycles. The quantitative estimate of drug-likeness (QED) is 0.767. The van der Waals surface area contributed by atoms with Gasteiger partial charge in [0.25, 0.3) is 0 Å². The third-order valence-electron chi connectivity index (χ3n) is 2.46. The van der Waals surface area contributed by atoms with E-state index in [9.17, 15) is 0 Å². The second-order valence-corrected chi connectivity index (χ2v) is 3.72. The van der Waals surface area contributed by atoms with Crippen LogP contribution in [0.2, 0.25) is 0 Å². The first kappa shape index (κ1) is 11.5. The minimum absolute atomic E-state index is 0.682. The van der Waals surface area contributed by atoms with Gasteiger partial charge in [0.05, 0.1) is 17.6 Å².